The number of aromatic amines is 2. The van der Waals surface area contributed by atoms with E-state index in [-0.39, 0.29) is 23.3 Å². The lowest BCUT2D eigenvalue weighted by atomic mass is 10.1. The average Bonchev–Trinajstić information content (AvgIpc) is 2.99. The molecule has 0 saturated heterocycles. The first-order valence-corrected chi connectivity index (χ1v) is 8.30. The summed E-state index contributed by atoms with van der Waals surface area (Å²) < 4.78 is 4.95. The zero-order valence-electron chi connectivity index (χ0n) is 13.8. The topological polar surface area (TPSA) is 134 Å². The van der Waals surface area contributed by atoms with Gasteiger partial charge < -0.3 is 20.5 Å². The highest BCUT2D eigenvalue weighted by Crippen LogP contribution is 2.22. The Hall–Kier alpha value is -3.52. The predicted molar refractivity (Wildman–Crippen MR) is 102 cm³/mol. The molecule has 0 bridgehead atoms. The molecule has 0 unspecified atom stereocenters. The van der Waals surface area contributed by atoms with Crippen LogP contribution in [0.5, 0.6) is 0 Å². The molecule has 2 heterocycles. The number of amides is 1. The maximum atomic E-state index is 12.3. The number of rotatable bonds is 4. The number of fused-ring (bicyclic) bond motifs is 2. The molecule has 9 heteroatoms. The molecule has 4 aromatic rings. The molecule has 4 rings (SSSR count). The van der Waals surface area contributed by atoms with Gasteiger partial charge in [0.2, 0.25) is 0 Å². The number of carbonyl (C=O) groups excluding carboxylic acids is 1. The monoisotopic (exact) mass is 384 g/mol. The van der Waals surface area contributed by atoms with Crippen molar-refractivity contribution in [3.05, 3.63) is 73.5 Å². The van der Waals surface area contributed by atoms with Crippen molar-refractivity contribution >= 4 is 45.2 Å². The van der Waals surface area contributed by atoms with Crippen LogP contribution in [-0.2, 0) is 6.54 Å². The lowest BCUT2D eigenvalue weighted by molar-refractivity contribution is 0.100. The van der Waals surface area contributed by atoms with Crippen molar-refractivity contribution in [2.75, 3.05) is 5.32 Å². The van der Waals surface area contributed by atoms with Crippen LogP contribution < -0.4 is 22.4 Å². The van der Waals surface area contributed by atoms with Gasteiger partial charge in [-0.05, 0) is 36.4 Å². The van der Waals surface area contributed by atoms with E-state index in [9.17, 15) is 14.4 Å². The summed E-state index contributed by atoms with van der Waals surface area (Å²) >= 11 is 6.00. The number of nitrogens with two attached hydrogens (primary N) is 1. The van der Waals surface area contributed by atoms with Crippen LogP contribution in [0.25, 0.3) is 22.0 Å². The predicted octanol–water partition coefficient (Wildman–Crippen LogP) is 2.33. The number of H-pyrrole nitrogens is 2. The first-order chi connectivity index (χ1) is 12.9. The van der Waals surface area contributed by atoms with Crippen molar-refractivity contribution in [3.8, 4) is 0 Å². The lowest BCUT2D eigenvalue weighted by Crippen LogP contribution is -2.16. The number of primary amides is 1. The Bertz CT molecular complexity index is 1320. The van der Waals surface area contributed by atoms with Gasteiger partial charge in [-0.3, -0.25) is 14.6 Å². The van der Waals surface area contributed by atoms with Gasteiger partial charge in [-0.15, -0.1) is 0 Å². The fraction of sp³-hybridized carbons (Fsp3) is 0.0556. The molecule has 27 heavy (non-hydrogen) atoms. The van der Waals surface area contributed by atoms with Crippen LogP contribution >= 0.6 is 11.6 Å². The van der Waals surface area contributed by atoms with Crippen LogP contribution in [0.1, 0.15) is 15.9 Å². The third-order valence-electron chi connectivity index (χ3n) is 4.15. The molecule has 2 aromatic carbocycles. The van der Waals surface area contributed by atoms with Crippen LogP contribution in [0.15, 0.2) is 50.4 Å². The molecule has 5 N–H and O–H groups in total. The first kappa shape index (κ1) is 16.9. The van der Waals surface area contributed by atoms with E-state index in [4.69, 9.17) is 21.8 Å². The molecule has 0 aliphatic carbocycles. The highest BCUT2D eigenvalue weighted by Gasteiger charge is 2.14. The van der Waals surface area contributed by atoms with Crippen molar-refractivity contribution in [2.45, 2.75) is 6.54 Å². The van der Waals surface area contributed by atoms with E-state index in [1.54, 1.807) is 30.3 Å². The average molecular weight is 385 g/mol. The van der Waals surface area contributed by atoms with Gasteiger partial charge in [0.1, 0.15) is 0 Å². The molecule has 136 valence electrons. The maximum absolute atomic E-state index is 12.3. The summed E-state index contributed by atoms with van der Waals surface area (Å²) in [4.78, 5) is 40.6. The molecule has 0 radical (unpaired) electrons. The third-order valence-corrected chi connectivity index (χ3v) is 4.39. The molecule has 0 fully saturated rings. The minimum Gasteiger partial charge on any atom is -0.407 e. The fourth-order valence-corrected chi connectivity index (χ4v) is 3.08. The van der Waals surface area contributed by atoms with E-state index in [0.29, 0.717) is 27.3 Å². The molecule has 0 aliphatic heterocycles. The molecule has 8 nitrogen and oxygen atoms in total. The molecule has 2 aromatic heterocycles. The van der Waals surface area contributed by atoms with E-state index < -0.39 is 11.7 Å². The van der Waals surface area contributed by atoms with Gasteiger partial charge >= 0.3 is 5.76 Å². The van der Waals surface area contributed by atoms with Crippen molar-refractivity contribution < 1.29 is 9.21 Å². The number of anilines is 1. The van der Waals surface area contributed by atoms with Gasteiger partial charge in [0.05, 0.1) is 11.1 Å². The standard InChI is InChI=1S/C18H13ClN4O4/c19-10-1-2-13-8(4-10)3-9(17(25)22-13)7-21-11-5-12(16(20)24)15-14(6-11)23-18(26)27-15/h1-6,21H,7H2,(H2,20,24)(H,22,25)(H,23,26). The zero-order chi connectivity index (χ0) is 19.1. The Labute approximate surface area is 155 Å². The van der Waals surface area contributed by atoms with Gasteiger partial charge in [-0.1, -0.05) is 11.6 Å². The van der Waals surface area contributed by atoms with E-state index in [2.05, 4.69) is 15.3 Å². The minimum absolute atomic E-state index is 0.0625. The van der Waals surface area contributed by atoms with Gasteiger partial charge in [0, 0.05) is 33.7 Å². The van der Waals surface area contributed by atoms with Gasteiger partial charge in [0.25, 0.3) is 11.5 Å². The number of carbonyl (C=O) groups is 1. The summed E-state index contributed by atoms with van der Waals surface area (Å²) in [6.07, 6.45) is 0. The summed E-state index contributed by atoms with van der Waals surface area (Å²) in [5.74, 6) is -1.42. The van der Waals surface area contributed by atoms with Crippen molar-refractivity contribution in [2.24, 2.45) is 5.73 Å². The quantitative estimate of drug-likeness (QED) is 0.428. The largest absolute Gasteiger partial charge is 0.417 e. The Morgan fingerprint density at radius 1 is 1.11 bits per heavy atom. The van der Waals surface area contributed by atoms with Crippen LogP contribution in [0.4, 0.5) is 5.69 Å². The number of oxazole rings is 1. The number of halogens is 1. The molecular formula is C18H13ClN4O4. The SMILES string of the molecule is NC(=O)c1cc(NCc2cc3cc(Cl)ccc3[nH]c2=O)cc2[nH]c(=O)oc12. The smallest absolute Gasteiger partial charge is 0.407 e. The second-order valence-corrected chi connectivity index (χ2v) is 6.42. The lowest BCUT2D eigenvalue weighted by Gasteiger charge is -2.09. The van der Waals surface area contributed by atoms with Gasteiger partial charge in [-0.25, -0.2) is 4.79 Å². The van der Waals surface area contributed by atoms with Crippen molar-refractivity contribution in [3.63, 3.8) is 0 Å². The second kappa shape index (κ2) is 6.33. The van der Waals surface area contributed by atoms with Gasteiger partial charge in [0.15, 0.2) is 5.58 Å². The summed E-state index contributed by atoms with van der Waals surface area (Å²) in [5, 5.41) is 4.41. The Morgan fingerprint density at radius 2 is 1.93 bits per heavy atom. The number of hydrogen-bond donors (Lipinski definition) is 4. The minimum atomic E-state index is -0.732. The van der Waals surface area contributed by atoms with E-state index in [1.165, 1.54) is 6.07 Å². The fourth-order valence-electron chi connectivity index (χ4n) is 2.90. The van der Waals surface area contributed by atoms with Crippen molar-refractivity contribution in [1.82, 2.24) is 9.97 Å². The summed E-state index contributed by atoms with van der Waals surface area (Å²) in [5.41, 5.74) is 7.26. The Balaban J connectivity index is 1.70. The zero-order valence-corrected chi connectivity index (χ0v) is 14.5. The number of nitrogens with one attached hydrogen (secondary N) is 3. The molecule has 0 aliphatic rings. The number of benzene rings is 2. The summed E-state index contributed by atoms with van der Waals surface area (Å²) in [6, 6.07) is 9.99. The maximum Gasteiger partial charge on any atom is 0.417 e. The van der Waals surface area contributed by atoms with Gasteiger partial charge in [-0.2, -0.15) is 0 Å². The molecule has 0 atom stereocenters. The molecule has 0 saturated carbocycles. The van der Waals surface area contributed by atoms with Crippen molar-refractivity contribution in [1.29, 1.82) is 0 Å². The van der Waals surface area contributed by atoms with E-state index >= 15 is 0 Å². The third kappa shape index (κ3) is 3.18. The molecular weight excluding hydrogens is 372 g/mol. The highest BCUT2D eigenvalue weighted by molar-refractivity contribution is 6.31. The summed E-state index contributed by atoms with van der Waals surface area (Å²) in [7, 11) is 0. The Morgan fingerprint density at radius 3 is 2.70 bits per heavy atom. The molecule has 0 spiro atoms. The Kier molecular flexibility index (Phi) is 3.97. The van der Waals surface area contributed by atoms with E-state index in [0.717, 1.165) is 5.39 Å². The van der Waals surface area contributed by atoms with E-state index in [1.807, 2.05) is 0 Å². The number of aromatic nitrogens is 2. The number of hydrogen-bond acceptors (Lipinski definition) is 5. The first-order valence-electron chi connectivity index (χ1n) is 7.93. The highest BCUT2D eigenvalue weighted by atomic mass is 35.5. The van der Waals surface area contributed by atoms with Crippen LogP contribution in [0.2, 0.25) is 5.02 Å². The molecule has 1 amide bonds. The normalized spacial score (nSPS) is 11.1. The van der Waals surface area contributed by atoms with Crippen LogP contribution in [-0.4, -0.2) is 15.9 Å². The number of pyridine rings is 1. The van der Waals surface area contributed by atoms with Crippen LogP contribution in [0.3, 0.4) is 0 Å². The summed E-state index contributed by atoms with van der Waals surface area (Å²) in [6.45, 7) is 0.184. The second-order valence-electron chi connectivity index (χ2n) is 5.99. The van der Waals surface area contributed by atoms with Crippen LogP contribution in [0, 0.1) is 0 Å².